The summed E-state index contributed by atoms with van der Waals surface area (Å²) in [6.45, 7) is 0.964. The lowest BCUT2D eigenvalue weighted by Crippen LogP contribution is -2.32. The zero-order valence-electron chi connectivity index (χ0n) is 15.8. The molecule has 12 nitrogen and oxygen atoms in total. The summed E-state index contributed by atoms with van der Waals surface area (Å²) < 4.78 is 0. The molecule has 1 saturated heterocycles. The molecule has 158 valence electrons. The van der Waals surface area contributed by atoms with Crippen molar-refractivity contribution < 1.29 is 34.2 Å². The fourth-order valence-electron chi connectivity index (χ4n) is 3.11. The zero-order chi connectivity index (χ0) is 22.9. The number of rotatable bonds is 5. The number of para-hydroxylation sites is 1. The van der Waals surface area contributed by atoms with Gasteiger partial charge >= 0.3 is 11.9 Å². The van der Waals surface area contributed by atoms with Crippen molar-refractivity contribution in [2.75, 3.05) is 0 Å². The Hall–Kier alpha value is -4.61. The number of amides is 1. The molecule has 31 heavy (non-hydrogen) atoms. The quantitative estimate of drug-likeness (QED) is 0.247. The number of ketones is 1. The number of hydroxylamine groups is 2. The molecule has 0 saturated carbocycles. The van der Waals surface area contributed by atoms with Crippen LogP contribution in [0.1, 0.15) is 24.1 Å². The Morgan fingerprint density at radius 2 is 1.65 bits per heavy atom. The van der Waals surface area contributed by atoms with Gasteiger partial charge in [0.25, 0.3) is 17.2 Å². The van der Waals surface area contributed by atoms with Crippen LogP contribution in [0.3, 0.4) is 0 Å². The van der Waals surface area contributed by atoms with Crippen LogP contribution < -0.4 is 0 Å². The number of nitro groups is 2. The molecule has 2 aromatic rings. The molecule has 0 aliphatic carbocycles. The number of non-ortho nitro benzene ring substituents is 1. The molecule has 1 aliphatic heterocycles. The second kappa shape index (κ2) is 8.02. The average molecular weight is 427 g/mol. The molecule has 0 bridgehead atoms. The van der Waals surface area contributed by atoms with Crippen LogP contribution in [0, 0.1) is 20.2 Å². The van der Waals surface area contributed by atoms with E-state index in [9.17, 15) is 39.7 Å². The van der Waals surface area contributed by atoms with E-state index in [4.69, 9.17) is 4.84 Å². The molecule has 0 radical (unpaired) electrons. The van der Waals surface area contributed by atoms with Gasteiger partial charge in [-0.1, -0.05) is 12.1 Å². The van der Waals surface area contributed by atoms with E-state index in [0.29, 0.717) is 5.06 Å². The summed E-state index contributed by atoms with van der Waals surface area (Å²) in [7, 11) is 0. The van der Waals surface area contributed by atoms with Crippen LogP contribution in [0.2, 0.25) is 0 Å². The van der Waals surface area contributed by atoms with Crippen molar-refractivity contribution in [2.24, 2.45) is 0 Å². The number of carbonyl (C=O) groups is 3. The molecular formula is C19H13N3O9. The topological polar surface area (TPSA) is 170 Å². The number of benzene rings is 2. The van der Waals surface area contributed by atoms with Crippen molar-refractivity contribution in [3.63, 3.8) is 0 Å². The number of aliphatic hydroxyl groups excluding tert-OH is 1. The van der Waals surface area contributed by atoms with Crippen molar-refractivity contribution in [3.05, 3.63) is 85.5 Å². The zero-order valence-corrected chi connectivity index (χ0v) is 15.8. The first-order chi connectivity index (χ1) is 14.6. The molecule has 1 aliphatic rings. The van der Waals surface area contributed by atoms with Gasteiger partial charge < -0.3 is 9.94 Å². The molecule has 1 atom stereocenters. The van der Waals surface area contributed by atoms with Crippen molar-refractivity contribution in [1.82, 2.24) is 5.06 Å². The number of hydrogen-bond acceptors (Lipinski definition) is 9. The number of Topliss-reactive ketones (excluding diaryl/α,β-unsaturated/α-hetero) is 1. The lowest BCUT2D eigenvalue weighted by atomic mass is 9.94. The van der Waals surface area contributed by atoms with E-state index in [0.717, 1.165) is 37.3 Å². The van der Waals surface area contributed by atoms with Gasteiger partial charge in [0.15, 0.2) is 0 Å². The highest BCUT2D eigenvalue weighted by Gasteiger charge is 2.50. The van der Waals surface area contributed by atoms with E-state index >= 15 is 0 Å². The van der Waals surface area contributed by atoms with Crippen molar-refractivity contribution in [3.8, 4) is 0 Å². The number of nitrogens with zero attached hydrogens (tertiary/aromatic N) is 3. The lowest BCUT2D eigenvalue weighted by molar-refractivity contribution is -0.386. The van der Waals surface area contributed by atoms with E-state index in [1.807, 2.05) is 0 Å². The molecule has 2 aromatic carbocycles. The minimum absolute atomic E-state index is 0.0602. The first-order valence-electron chi connectivity index (χ1n) is 8.61. The molecule has 0 spiro atoms. The standard InChI is InChI=1S/C19H13N3O9/c1-10(23)31-20-16(13-4-2-3-5-14(13)22(29)30)15(18(25)19(20)26)17(24)11-6-8-12(9-7-11)21(27)28/h2-9,16,24H,1H3/b17-15+. The fraction of sp³-hybridized carbons (Fsp3) is 0.105. The van der Waals surface area contributed by atoms with Crippen LogP contribution in [0.25, 0.3) is 5.76 Å². The third-order valence-corrected chi connectivity index (χ3v) is 4.41. The molecule has 3 rings (SSSR count). The van der Waals surface area contributed by atoms with Crippen molar-refractivity contribution in [1.29, 1.82) is 0 Å². The van der Waals surface area contributed by atoms with Crippen LogP contribution in [0.4, 0.5) is 11.4 Å². The van der Waals surface area contributed by atoms with E-state index in [1.165, 1.54) is 18.2 Å². The van der Waals surface area contributed by atoms with Crippen molar-refractivity contribution >= 4 is 34.8 Å². The Balaban J connectivity index is 2.25. The highest BCUT2D eigenvalue weighted by Crippen LogP contribution is 2.42. The van der Waals surface area contributed by atoms with Crippen LogP contribution in [0.15, 0.2) is 54.1 Å². The number of nitro benzene ring substituents is 2. The Morgan fingerprint density at radius 3 is 2.19 bits per heavy atom. The maximum absolute atomic E-state index is 12.7. The van der Waals surface area contributed by atoms with Crippen LogP contribution >= 0.6 is 0 Å². The fourth-order valence-corrected chi connectivity index (χ4v) is 3.11. The van der Waals surface area contributed by atoms with Gasteiger partial charge in [0, 0.05) is 30.7 Å². The predicted molar refractivity (Wildman–Crippen MR) is 102 cm³/mol. The smallest absolute Gasteiger partial charge is 0.329 e. The highest BCUT2D eigenvalue weighted by atomic mass is 16.7. The van der Waals surface area contributed by atoms with E-state index in [2.05, 4.69) is 0 Å². The highest BCUT2D eigenvalue weighted by molar-refractivity contribution is 6.46. The summed E-state index contributed by atoms with van der Waals surface area (Å²) in [5.41, 5.74) is -1.59. The average Bonchev–Trinajstić information content (AvgIpc) is 2.97. The van der Waals surface area contributed by atoms with Crippen LogP contribution in [-0.2, 0) is 19.2 Å². The first kappa shape index (κ1) is 21.1. The van der Waals surface area contributed by atoms with Gasteiger partial charge in [-0.15, -0.1) is 0 Å². The van der Waals surface area contributed by atoms with E-state index in [-0.39, 0.29) is 16.8 Å². The summed E-state index contributed by atoms with van der Waals surface area (Å²) in [4.78, 5) is 62.4. The van der Waals surface area contributed by atoms with Crippen molar-refractivity contribution in [2.45, 2.75) is 13.0 Å². The largest absolute Gasteiger partial charge is 0.507 e. The first-order valence-corrected chi connectivity index (χ1v) is 8.61. The Kier molecular flexibility index (Phi) is 5.46. The van der Waals surface area contributed by atoms with Gasteiger partial charge in [0.1, 0.15) is 11.8 Å². The minimum atomic E-state index is -1.61. The Labute approximate surface area is 173 Å². The molecule has 1 N–H and O–H groups in total. The van der Waals surface area contributed by atoms with Gasteiger partial charge in [-0.3, -0.25) is 34.6 Å². The van der Waals surface area contributed by atoms with Gasteiger partial charge in [0.2, 0.25) is 0 Å². The molecule has 0 aromatic heterocycles. The number of carbonyl (C=O) groups excluding carboxylic acids is 3. The summed E-state index contributed by atoms with van der Waals surface area (Å²) in [5.74, 6) is -4.28. The monoisotopic (exact) mass is 427 g/mol. The summed E-state index contributed by atoms with van der Waals surface area (Å²) in [6, 6.07) is 7.93. The lowest BCUT2D eigenvalue weighted by Gasteiger charge is -2.22. The second-order valence-electron chi connectivity index (χ2n) is 6.33. The maximum Gasteiger partial charge on any atom is 0.329 e. The van der Waals surface area contributed by atoms with Gasteiger partial charge in [-0.2, -0.15) is 5.06 Å². The normalized spacial score (nSPS) is 17.5. The van der Waals surface area contributed by atoms with Gasteiger partial charge in [-0.25, -0.2) is 0 Å². The number of hydrogen-bond donors (Lipinski definition) is 1. The van der Waals surface area contributed by atoms with E-state index < -0.39 is 50.6 Å². The molecule has 1 fully saturated rings. The second-order valence-corrected chi connectivity index (χ2v) is 6.33. The van der Waals surface area contributed by atoms with E-state index in [1.54, 1.807) is 0 Å². The van der Waals surface area contributed by atoms with Crippen LogP contribution in [-0.4, -0.2) is 37.7 Å². The molecule has 1 heterocycles. The number of aliphatic hydroxyl groups is 1. The Morgan fingerprint density at radius 1 is 1.03 bits per heavy atom. The predicted octanol–water partition coefficient (Wildman–Crippen LogP) is 2.40. The summed E-state index contributed by atoms with van der Waals surface area (Å²) >= 11 is 0. The summed E-state index contributed by atoms with van der Waals surface area (Å²) in [6.07, 6.45) is 0. The van der Waals surface area contributed by atoms with Gasteiger partial charge in [-0.05, 0) is 18.2 Å². The molecule has 1 amide bonds. The molecule has 1 unspecified atom stereocenters. The maximum atomic E-state index is 12.7. The SMILES string of the molecule is CC(=O)ON1C(=O)C(=O)/C(=C(/O)c2ccc([N+](=O)[O-])cc2)C1c1ccccc1[N+](=O)[O-]. The minimum Gasteiger partial charge on any atom is -0.507 e. The van der Waals surface area contributed by atoms with Gasteiger partial charge in [0.05, 0.1) is 21.0 Å². The Bertz CT molecular complexity index is 1150. The third-order valence-electron chi connectivity index (χ3n) is 4.41. The molecule has 12 heteroatoms. The summed E-state index contributed by atoms with van der Waals surface area (Å²) in [5, 5.41) is 33.4. The third kappa shape index (κ3) is 3.81. The van der Waals surface area contributed by atoms with Crippen LogP contribution in [0.5, 0.6) is 0 Å². The molecular weight excluding hydrogens is 414 g/mol.